The van der Waals surface area contributed by atoms with Crippen molar-refractivity contribution >= 4 is 17.3 Å². The van der Waals surface area contributed by atoms with Crippen LogP contribution in [-0.2, 0) is 6.54 Å². The molecule has 0 fully saturated rings. The molecular formula is C24H22N2O3. The van der Waals surface area contributed by atoms with Gasteiger partial charge in [0.15, 0.2) is 11.5 Å². The molecule has 0 aliphatic carbocycles. The first-order chi connectivity index (χ1) is 14.3. The quantitative estimate of drug-likeness (QED) is 0.666. The van der Waals surface area contributed by atoms with Crippen LogP contribution in [-0.4, -0.2) is 25.8 Å². The molecule has 0 atom stereocenters. The van der Waals surface area contributed by atoms with Gasteiger partial charge in [-0.3, -0.25) is 4.79 Å². The van der Waals surface area contributed by atoms with E-state index in [9.17, 15) is 4.79 Å². The fourth-order valence-corrected chi connectivity index (χ4v) is 3.99. The average Bonchev–Trinajstić information content (AvgIpc) is 3.16. The van der Waals surface area contributed by atoms with Crippen molar-refractivity contribution in [3.05, 3.63) is 83.9 Å². The van der Waals surface area contributed by atoms with Crippen LogP contribution in [0, 0.1) is 0 Å². The van der Waals surface area contributed by atoms with Gasteiger partial charge in [0.2, 0.25) is 6.79 Å². The van der Waals surface area contributed by atoms with Crippen molar-refractivity contribution in [1.29, 1.82) is 0 Å². The Hall–Kier alpha value is -3.47. The normalized spacial score (nSPS) is 15.0. The predicted molar refractivity (Wildman–Crippen MR) is 113 cm³/mol. The number of para-hydroxylation sites is 2. The van der Waals surface area contributed by atoms with Crippen LogP contribution in [0.5, 0.6) is 11.5 Å². The molecule has 1 amide bonds. The fraction of sp³-hybridized carbons (Fsp3) is 0.208. The Kier molecular flexibility index (Phi) is 4.56. The number of anilines is 2. The molecule has 3 aromatic carbocycles. The Morgan fingerprint density at radius 2 is 1.59 bits per heavy atom. The van der Waals surface area contributed by atoms with Gasteiger partial charge in [-0.1, -0.05) is 36.4 Å². The number of hydrogen-bond donors (Lipinski definition) is 0. The summed E-state index contributed by atoms with van der Waals surface area (Å²) in [5.41, 5.74) is 3.91. The van der Waals surface area contributed by atoms with Crippen LogP contribution in [0.4, 0.5) is 11.4 Å². The molecule has 0 aromatic heterocycles. The SMILES string of the molecule is O=C(c1ccccc1)N1CCCN(Cc2ccc3c(c2)OCO3)c2ccccc21. The number of carbonyl (C=O) groups is 1. The van der Waals surface area contributed by atoms with E-state index in [0.29, 0.717) is 12.1 Å². The molecule has 0 unspecified atom stereocenters. The minimum atomic E-state index is 0.0444. The van der Waals surface area contributed by atoms with E-state index in [2.05, 4.69) is 17.0 Å². The largest absolute Gasteiger partial charge is 0.454 e. The van der Waals surface area contributed by atoms with Gasteiger partial charge in [0.25, 0.3) is 5.91 Å². The molecule has 0 saturated heterocycles. The number of amides is 1. The smallest absolute Gasteiger partial charge is 0.258 e. The summed E-state index contributed by atoms with van der Waals surface area (Å²) < 4.78 is 10.9. The second-order valence-electron chi connectivity index (χ2n) is 7.27. The van der Waals surface area contributed by atoms with Gasteiger partial charge < -0.3 is 19.3 Å². The van der Waals surface area contributed by atoms with Gasteiger partial charge >= 0.3 is 0 Å². The van der Waals surface area contributed by atoms with Crippen LogP contribution in [0.1, 0.15) is 22.3 Å². The summed E-state index contributed by atoms with van der Waals surface area (Å²) in [6, 6.07) is 23.7. The number of ether oxygens (including phenoxy) is 2. The molecule has 29 heavy (non-hydrogen) atoms. The molecular weight excluding hydrogens is 364 g/mol. The Morgan fingerprint density at radius 1 is 0.828 bits per heavy atom. The zero-order valence-corrected chi connectivity index (χ0v) is 16.1. The van der Waals surface area contributed by atoms with Gasteiger partial charge in [-0.15, -0.1) is 0 Å². The van der Waals surface area contributed by atoms with Crippen molar-refractivity contribution in [3.8, 4) is 11.5 Å². The van der Waals surface area contributed by atoms with Gasteiger partial charge in [-0.25, -0.2) is 0 Å². The monoisotopic (exact) mass is 386 g/mol. The van der Waals surface area contributed by atoms with Crippen molar-refractivity contribution in [1.82, 2.24) is 0 Å². The lowest BCUT2D eigenvalue weighted by Crippen LogP contribution is -2.31. The number of hydrogen-bond acceptors (Lipinski definition) is 4. The van der Waals surface area contributed by atoms with Gasteiger partial charge in [-0.2, -0.15) is 0 Å². The van der Waals surface area contributed by atoms with E-state index in [0.717, 1.165) is 47.9 Å². The summed E-state index contributed by atoms with van der Waals surface area (Å²) in [4.78, 5) is 17.4. The van der Waals surface area contributed by atoms with Crippen molar-refractivity contribution < 1.29 is 14.3 Å². The molecule has 0 spiro atoms. The van der Waals surface area contributed by atoms with Gasteiger partial charge in [-0.05, 0) is 48.4 Å². The number of fused-ring (bicyclic) bond motifs is 2. The van der Waals surface area contributed by atoms with Crippen molar-refractivity contribution in [2.45, 2.75) is 13.0 Å². The highest BCUT2D eigenvalue weighted by Crippen LogP contribution is 2.36. The van der Waals surface area contributed by atoms with Crippen molar-refractivity contribution in [3.63, 3.8) is 0 Å². The standard InChI is InChI=1S/C24H22N2O3/c27-24(19-7-2-1-3-8-19)26-14-6-13-25(20-9-4-5-10-21(20)26)16-18-11-12-22-23(15-18)29-17-28-22/h1-5,7-12,15H,6,13-14,16-17H2. The molecule has 3 aromatic rings. The van der Waals surface area contributed by atoms with Gasteiger partial charge in [0.05, 0.1) is 11.4 Å². The van der Waals surface area contributed by atoms with Crippen LogP contribution in [0.3, 0.4) is 0 Å². The highest BCUT2D eigenvalue weighted by atomic mass is 16.7. The highest BCUT2D eigenvalue weighted by molar-refractivity contribution is 6.08. The highest BCUT2D eigenvalue weighted by Gasteiger charge is 2.25. The molecule has 2 heterocycles. The number of nitrogens with zero attached hydrogens (tertiary/aromatic N) is 2. The minimum absolute atomic E-state index is 0.0444. The number of benzene rings is 3. The topological polar surface area (TPSA) is 42.0 Å². The second kappa shape index (κ2) is 7.51. The Labute approximate surface area is 170 Å². The molecule has 5 heteroatoms. The summed E-state index contributed by atoms with van der Waals surface area (Å²) in [5.74, 6) is 1.64. The van der Waals surface area contributed by atoms with Crippen molar-refractivity contribution in [2.75, 3.05) is 29.7 Å². The summed E-state index contributed by atoms with van der Waals surface area (Å²) >= 11 is 0. The summed E-state index contributed by atoms with van der Waals surface area (Å²) in [6.45, 7) is 2.61. The van der Waals surface area contributed by atoms with E-state index >= 15 is 0 Å². The maximum absolute atomic E-state index is 13.2. The predicted octanol–water partition coefficient (Wildman–Crippen LogP) is 4.47. The van der Waals surface area contributed by atoms with Crippen LogP contribution in [0.25, 0.3) is 0 Å². The molecule has 0 radical (unpaired) electrons. The third-order valence-electron chi connectivity index (χ3n) is 5.40. The molecule has 5 rings (SSSR count). The second-order valence-corrected chi connectivity index (χ2v) is 7.27. The first-order valence-electron chi connectivity index (χ1n) is 9.89. The van der Waals surface area contributed by atoms with E-state index in [1.807, 2.05) is 65.6 Å². The summed E-state index contributed by atoms with van der Waals surface area (Å²) in [5, 5.41) is 0. The van der Waals surface area contributed by atoms with E-state index in [1.165, 1.54) is 0 Å². The zero-order chi connectivity index (χ0) is 19.6. The van der Waals surface area contributed by atoms with Crippen LogP contribution < -0.4 is 19.3 Å². The lowest BCUT2D eigenvalue weighted by Gasteiger charge is -2.27. The van der Waals surface area contributed by atoms with Gasteiger partial charge in [0, 0.05) is 25.2 Å². The molecule has 146 valence electrons. The lowest BCUT2D eigenvalue weighted by molar-refractivity contribution is 0.0987. The Bertz CT molecular complexity index is 1040. The summed E-state index contributed by atoms with van der Waals surface area (Å²) in [7, 11) is 0. The number of carbonyl (C=O) groups excluding carboxylic acids is 1. The molecule has 0 bridgehead atoms. The Morgan fingerprint density at radius 3 is 2.45 bits per heavy atom. The van der Waals surface area contributed by atoms with E-state index < -0.39 is 0 Å². The Balaban J connectivity index is 1.46. The van der Waals surface area contributed by atoms with Crippen LogP contribution in [0.2, 0.25) is 0 Å². The zero-order valence-electron chi connectivity index (χ0n) is 16.1. The van der Waals surface area contributed by atoms with E-state index in [-0.39, 0.29) is 12.7 Å². The lowest BCUT2D eigenvalue weighted by atomic mass is 10.1. The van der Waals surface area contributed by atoms with Crippen LogP contribution >= 0.6 is 0 Å². The maximum Gasteiger partial charge on any atom is 0.258 e. The van der Waals surface area contributed by atoms with Gasteiger partial charge in [0.1, 0.15) is 0 Å². The van der Waals surface area contributed by atoms with Crippen molar-refractivity contribution in [2.24, 2.45) is 0 Å². The minimum Gasteiger partial charge on any atom is -0.454 e. The molecule has 0 N–H and O–H groups in total. The number of rotatable bonds is 3. The third-order valence-corrected chi connectivity index (χ3v) is 5.40. The maximum atomic E-state index is 13.2. The molecule has 2 aliphatic heterocycles. The van der Waals surface area contributed by atoms with Crippen LogP contribution in [0.15, 0.2) is 72.8 Å². The van der Waals surface area contributed by atoms with E-state index in [4.69, 9.17) is 9.47 Å². The first kappa shape index (κ1) is 17.6. The first-order valence-corrected chi connectivity index (χ1v) is 9.89. The molecule has 5 nitrogen and oxygen atoms in total. The average molecular weight is 386 g/mol. The third kappa shape index (κ3) is 3.40. The summed E-state index contributed by atoms with van der Waals surface area (Å²) in [6.07, 6.45) is 0.901. The molecule has 2 aliphatic rings. The van der Waals surface area contributed by atoms with E-state index in [1.54, 1.807) is 0 Å². The fourth-order valence-electron chi connectivity index (χ4n) is 3.99. The molecule has 0 saturated carbocycles.